The maximum atomic E-state index is 13.6. The average Bonchev–Trinajstić information content (AvgIpc) is 2.98. The van der Waals surface area contributed by atoms with Gasteiger partial charge in [-0.25, -0.2) is 0 Å². The first kappa shape index (κ1) is 30.1. The number of hydrogen-bond donors (Lipinski definition) is 1. The molecule has 1 atom stereocenters. The average molecular weight is 576 g/mol. The lowest BCUT2D eigenvalue weighted by molar-refractivity contribution is -0.117. The van der Waals surface area contributed by atoms with E-state index in [0.717, 1.165) is 27.9 Å². The summed E-state index contributed by atoms with van der Waals surface area (Å²) in [7, 11) is 3.98. The number of anilines is 2. The van der Waals surface area contributed by atoms with E-state index in [2.05, 4.69) is 50.4 Å². The van der Waals surface area contributed by atoms with Crippen molar-refractivity contribution < 1.29 is 14.3 Å². The van der Waals surface area contributed by atoms with Gasteiger partial charge in [-0.2, -0.15) is 0 Å². The van der Waals surface area contributed by atoms with Gasteiger partial charge in [0.1, 0.15) is 12.4 Å². The maximum absolute atomic E-state index is 13.6. The fraction of sp³-hybridized carbons (Fsp3) is 0.297. The van der Waals surface area contributed by atoms with Gasteiger partial charge in [0.2, 0.25) is 5.91 Å². The molecule has 0 saturated carbocycles. The third kappa shape index (κ3) is 6.20. The second kappa shape index (κ2) is 12.1. The van der Waals surface area contributed by atoms with Gasteiger partial charge in [-0.3, -0.25) is 9.59 Å². The summed E-state index contributed by atoms with van der Waals surface area (Å²) >= 11 is 0. The van der Waals surface area contributed by atoms with Gasteiger partial charge in [0, 0.05) is 36.1 Å². The molecule has 43 heavy (non-hydrogen) atoms. The molecule has 0 saturated heterocycles. The Labute approximate surface area is 255 Å². The Kier molecular flexibility index (Phi) is 8.43. The van der Waals surface area contributed by atoms with E-state index in [9.17, 15) is 9.59 Å². The molecule has 1 aliphatic heterocycles. The molecule has 0 aliphatic carbocycles. The second-order valence-corrected chi connectivity index (χ2v) is 12.5. The van der Waals surface area contributed by atoms with Crippen LogP contribution < -0.4 is 15.0 Å². The van der Waals surface area contributed by atoms with Crippen LogP contribution >= 0.6 is 0 Å². The zero-order valence-corrected chi connectivity index (χ0v) is 26.0. The number of carbonyl (C=O) groups excluding carboxylic acids is 2. The van der Waals surface area contributed by atoms with Crippen LogP contribution in [0.15, 0.2) is 97.1 Å². The van der Waals surface area contributed by atoms with Crippen LogP contribution in [0.3, 0.4) is 0 Å². The normalized spacial score (nSPS) is 17.3. The number of nitrogens with zero attached hydrogens (tertiary/aromatic N) is 2. The quantitative estimate of drug-likeness (QED) is 0.238. The van der Waals surface area contributed by atoms with Crippen molar-refractivity contribution in [2.45, 2.75) is 45.1 Å². The summed E-state index contributed by atoms with van der Waals surface area (Å²) in [6.45, 7) is 9.19. The number of nitrogens with one attached hydrogen (secondary N) is 1. The van der Waals surface area contributed by atoms with Crippen LogP contribution in [-0.2, 0) is 10.2 Å². The lowest BCUT2D eigenvalue weighted by Gasteiger charge is -2.51. The number of amides is 2. The molecule has 0 spiro atoms. The molecule has 0 fully saturated rings. The van der Waals surface area contributed by atoms with E-state index in [1.165, 1.54) is 0 Å². The van der Waals surface area contributed by atoms with Crippen LogP contribution in [0, 0.1) is 0 Å². The molecular formula is C37H41N3O3. The predicted molar refractivity (Wildman–Crippen MR) is 175 cm³/mol. The van der Waals surface area contributed by atoms with Gasteiger partial charge in [-0.1, -0.05) is 79.7 Å². The number of rotatable bonds is 8. The van der Waals surface area contributed by atoms with Crippen molar-refractivity contribution in [2.75, 3.05) is 37.5 Å². The van der Waals surface area contributed by atoms with E-state index < -0.39 is 11.0 Å². The molecule has 0 bridgehead atoms. The minimum absolute atomic E-state index is 0.0316. The van der Waals surface area contributed by atoms with E-state index in [0.29, 0.717) is 36.6 Å². The molecule has 6 nitrogen and oxygen atoms in total. The fourth-order valence-electron chi connectivity index (χ4n) is 6.42. The first-order valence-corrected chi connectivity index (χ1v) is 14.8. The molecule has 2 amide bonds. The Morgan fingerprint density at radius 1 is 0.860 bits per heavy atom. The highest BCUT2D eigenvalue weighted by Crippen LogP contribution is 2.53. The summed E-state index contributed by atoms with van der Waals surface area (Å²) in [5.74, 6) is 0.281. The largest absolute Gasteiger partial charge is 0.490 e. The monoisotopic (exact) mass is 575 g/mol. The molecule has 5 rings (SSSR count). The van der Waals surface area contributed by atoms with Gasteiger partial charge in [0.05, 0.1) is 11.4 Å². The van der Waals surface area contributed by atoms with Crippen molar-refractivity contribution in [3.8, 4) is 16.9 Å². The van der Waals surface area contributed by atoms with E-state index >= 15 is 0 Å². The number of carbonyl (C=O) groups is 2. The van der Waals surface area contributed by atoms with Crippen LogP contribution in [0.25, 0.3) is 11.1 Å². The zero-order chi connectivity index (χ0) is 30.8. The Balaban J connectivity index is 1.59. The van der Waals surface area contributed by atoms with E-state index in [4.69, 9.17) is 4.74 Å². The summed E-state index contributed by atoms with van der Waals surface area (Å²) in [6.07, 6.45) is 0.714. The topological polar surface area (TPSA) is 61.9 Å². The van der Waals surface area contributed by atoms with Crippen LogP contribution in [0.2, 0.25) is 0 Å². The molecule has 222 valence electrons. The smallest absolute Gasteiger partial charge is 0.255 e. The molecule has 1 heterocycles. The van der Waals surface area contributed by atoms with Crippen molar-refractivity contribution in [1.29, 1.82) is 0 Å². The van der Waals surface area contributed by atoms with E-state index in [1.54, 1.807) is 6.92 Å². The molecule has 4 aromatic carbocycles. The Hall–Kier alpha value is -4.42. The highest BCUT2D eigenvalue weighted by molar-refractivity contribution is 6.06. The van der Waals surface area contributed by atoms with E-state index in [-0.39, 0.29) is 11.8 Å². The van der Waals surface area contributed by atoms with Gasteiger partial charge in [-0.15, -0.1) is 0 Å². The number of fused-ring (bicyclic) bond motifs is 1. The van der Waals surface area contributed by atoms with Crippen molar-refractivity contribution in [3.05, 3.63) is 114 Å². The Bertz CT molecular complexity index is 1600. The molecule has 1 N–H and O–H groups in total. The van der Waals surface area contributed by atoms with Crippen LogP contribution in [-0.4, -0.2) is 49.5 Å². The predicted octanol–water partition coefficient (Wildman–Crippen LogP) is 7.39. The highest BCUT2D eigenvalue weighted by Gasteiger charge is 2.47. The molecule has 0 aromatic heterocycles. The minimum Gasteiger partial charge on any atom is -0.490 e. The van der Waals surface area contributed by atoms with Gasteiger partial charge >= 0.3 is 0 Å². The lowest BCUT2D eigenvalue weighted by Crippen LogP contribution is -2.55. The summed E-state index contributed by atoms with van der Waals surface area (Å²) in [4.78, 5) is 30.7. The molecular weight excluding hydrogens is 534 g/mol. The first-order chi connectivity index (χ1) is 20.5. The van der Waals surface area contributed by atoms with Gasteiger partial charge in [-0.05, 0) is 74.8 Å². The molecule has 4 aromatic rings. The zero-order valence-electron chi connectivity index (χ0n) is 26.0. The van der Waals surface area contributed by atoms with Crippen LogP contribution in [0.1, 0.15) is 55.6 Å². The van der Waals surface area contributed by atoms with Crippen molar-refractivity contribution in [3.63, 3.8) is 0 Å². The summed E-state index contributed by atoms with van der Waals surface area (Å²) in [6, 6.07) is 32.0. The SMILES string of the molecule is CC(=O)N1c2cc(OCCN(C)C)c(NC(=O)c3ccc(-c4ccccc4)cc3)cc2C(C)(c2ccccc2)CC1(C)C. The first-order valence-electron chi connectivity index (χ1n) is 14.8. The third-order valence-electron chi connectivity index (χ3n) is 8.35. The summed E-state index contributed by atoms with van der Waals surface area (Å²) in [5.41, 5.74) is 5.35. The lowest BCUT2D eigenvalue weighted by atomic mass is 9.65. The van der Waals surface area contributed by atoms with Gasteiger partial charge in [0.15, 0.2) is 0 Å². The number of likely N-dealkylation sites (N-methyl/N-ethyl adjacent to an activating group) is 1. The standard InChI is InChI=1S/C37H41N3O3/c1-26(41)40-33-24-34(43-22-21-39(5)6)32(23-31(33)37(4,25-36(40,2)3)30-15-11-8-12-16-30)38-35(42)29-19-17-28(18-20-29)27-13-9-7-10-14-27/h7-20,23-24H,21-22,25H2,1-6H3,(H,38,42). The third-order valence-corrected chi connectivity index (χ3v) is 8.35. The molecule has 1 unspecified atom stereocenters. The summed E-state index contributed by atoms with van der Waals surface area (Å²) < 4.78 is 6.30. The van der Waals surface area contributed by atoms with Crippen LogP contribution in [0.4, 0.5) is 11.4 Å². The maximum Gasteiger partial charge on any atom is 0.255 e. The van der Waals surface area contributed by atoms with Crippen molar-refractivity contribution in [1.82, 2.24) is 4.90 Å². The molecule has 1 aliphatic rings. The Morgan fingerprint density at radius 2 is 1.47 bits per heavy atom. The Morgan fingerprint density at radius 3 is 2.07 bits per heavy atom. The number of ether oxygens (including phenoxy) is 1. The highest BCUT2D eigenvalue weighted by atomic mass is 16.5. The summed E-state index contributed by atoms with van der Waals surface area (Å²) in [5, 5.41) is 3.15. The molecule has 0 radical (unpaired) electrons. The minimum atomic E-state index is -0.449. The fourth-order valence-corrected chi connectivity index (χ4v) is 6.42. The molecule has 6 heteroatoms. The number of benzene rings is 4. The van der Waals surface area contributed by atoms with E-state index in [1.807, 2.05) is 96.7 Å². The van der Waals surface area contributed by atoms with Crippen molar-refractivity contribution >= 4 is 23.2 Å². The number of hydrogen-bond acceptors (Lipinski definition) is 4. The second-order valence-electron chi connectivity index (χ2n) is 12.5. The van der Waals surface area contributed by atoms with Crippen molar-refractivity contribution in [2.24, 2.45) is 0 Å². The van der Waals surface area contributed by atoms with Gasteiger partial charge < -0.3 is 19.9 Å². The van der Waals surface area contributed by atoms with Gasteiger partial charge in [0.25, 0.3) is 5.91 Å². The van der Waals surface area contributed by atoms with Crippen LogP contribution in [0.5, 0.6) is 5.75 Å².